The Balaban J connectivity index is 1.60. The van der Waals surface area contributed by atoms with Crippen LogP contribution in [-0.2, 0) is 24.7 Å². The van der Waals surface area contributed by atoms with E-state index in [9.17, 15) is 52.7 Å². The Hall–Kier alpha value is -4.28. The van der Waals surface area contributed by atoms with Gasteiger partial charge in [0.15, 0.2) is 0 Å². The van der Waals surface area contributed by atoms with Gasteiger partial charge in [-0.15, -0.1) is 0 Å². The lowest BCUT2D eigenvalue weighted by molar-refractivity contribution is -0.144. The molecule has 16 heteroatoms. The number of rotatable bonds is 10. The van der Waals surface area contributed by atoms with Crippen molar-refractivity contribution in [2.24, 2.45) is 0 Å². The van der Waals surface area contributed by atoms with Crippen molar-refractivity contribution in [3.05, 3.63) is 166 Å². The monoisotopic (exact) mass is 925 g/mol. The molecule has 5 radical (unpaired) electrons. The zero-order valence-corrected chi connectivity index (χ0v) is 36.4. The quantitative estimate of drug-likeness (QED) is 0.103. The summed E-state index contributed by atoms with van der Waals surface area (Å²) in [5.41, 5.74) is -4.35. The SMILES string of the molecule is COc1c(C)cc(P(c2cc(C)c(OC)c(C)c2)c2ccccc2[C]2[CH][CH][CH][C]2C(C)P(c2cc(C(F)(F)F)cc(C(F)(F)F)c2)c2cc(C(F)(F)F)cc(C(F)(F)F)c2)cc1C. The van der Waals surface area contributed by atoms with Crippen LogP contribution in [-0.4, -0.2) is 19.9 Å². The highest BCUT2D eigenvalue weighted by Crippen LogP contribution is 2.55. The molecule has 333 valence electrons. The van der Waals surface area contributed by atoms with E-state index in [1.807, 2.05) is 64.1 Å². The highest BCUT2D eigenvalue weighted by molar-refractivity contribution is 7.80. The second-order valence-electron chi connectivity index (χ2n) is 15.0. The van der Waals surface area contributed by atoms with Gasteiger partial charge in [-0.05, 0) is 189 Å². The van der Waals surface area contributed by atoms with Gasteiger partial charge in [-0.3, -0.25) is 0 Å². The van der Waals surface area contributed by atoms with Crippen LogP contribution in [0.5, 0.6) is 11.5 Å². The van der Waals surface area contributed by atoms with Crippen LogP contribution >= 0.6 is 15.8 Å². The van der Waals surface area contributed by atoms with Crippen LogP contribution in [0.15, 0.2) is 84.9 Å². The Labute approximate surface area is 360 Å². The smallest absolute Gasteiger partial charge is 0.416 e. The fourth-order valence-corrected chi connectivity index (χ4v) is 13.6. The van der Waals surface area contributed by atoms with Crippen molar-refractivity contribution in [3.63, 3.8) is 0 Å². The Bertz CT molecular complexity index is 2230. The fourth-order valence-electron chi connectivity index (χ4n) is 8.01. The van der Waals surface area contributed by atoms with Crippen molar-refractivity contribution < 1.29 is 62.2 Å². The average Bonchev–Trinajstić information content (AvgIpc) is 3.67. The minimum atomic E-state index is -5.36. The molecule has 1 unspecified atom stereocenters. The van der Waals surface area contributed by atoms with E-state index in [4.69, 9.17) is 9.47 Å². The Morgan fingerprint density at radius 2 is 0.841 bits per heavy atom. The molecule has 1 aliphatic rings. The van der Waals surface area contributed by atoms with E-state index in [0.717, 1.165) is 38.2 Å². The highest BCUT2D eigenvalue weighted by atomic mass is 31.1. The molecule has 0 spiro atoms. The van der Waals surface area contributed by atoms with E-state index < -0.39 is 79.1 Å². The van der Waals surface area contributed by atoms with Crippen molar-refractivity contribution in [3.8, 4) is 11.5 Å². The van der Waals surface area contributed by atoms with Gasteiger partial charge in [0.05, 0.1) is 36.5 Å². The molecule has 0 saturated heterocycles. The molecule has 1 fully saturated rings. The van der Waals surface area contributed by atoms with Crippen LogP contribution < -0.4 is 36.0 Å². The third kappa shape index (κ3) is 10.2. The molecule has 63 heavy (non-hydrogen) atoms. The van der Waals surface area contributed by atoms with E-state index in [1.54, 1.807) is 39.2 Å². The fraction of sp³-hybridized carbons (Fsp3) is 0.255. The molecule has 0 amide bonds. The second kappa shape index (κ2) is 17.9. The molecule has 2 nitrogen and oxygen atoms in total. The summed E-state index contributed by atoms with van der Waals surface area (Å²) in [4.78, 5) is 0. The second-order valence-corrected chi connectivity index (χ2v) is 19.8. The number of benzene rings is 5. The third-order valence-electron chi connectivity index (χ3n) is 10.6. The molecular weight excluding hydrogens is 886 g/mol. The van der Waals surface area contributed by atoms with E-state index in [2.05, 4.69) is 0 Å². The van der Waals surface area contributed by atoms with E-state index in [1.165, 1.54) is 13.3 Å². The highest BCUT2D eigenvalue weighted by Gasteiger charge is 2.45. The average molecular weight is 926 g/mol. The molecule has 1 saturated carbocycles. The van der Waals surface area contributed by atoms with Crippen molar-refractivity contribution in [1.82, 2.24) is 0 Å². The van der Waals surface area contributed by atoms with Crippen LogP contribution in [0.2, 0.25) is 0 Å². The van der Waals surface area contributed by atoms with Gasteiger partial charge in [0.2, 0.25) is 0 Å². The topological polar surface area (TPSA) is 18.5 Å². The predicted molar refractivity (Wildman–Crippen MR) is 224 cm³/mol. The van der Waals surface area contributed by atoms with Crippen LogP contribution in [0, 0.1) is 58.8 Å². The number of ether oxygens (including phenoxy) is 2. The summed E-state index contributed by atoms with van der Waals surface area (Å²) < 4.78 is 183. The first-order valence-corrected chi connectivity index (χ1v) is 21.8. The number of alkyl halides is 12. The predicted octanol–water partition coefficient (Wildman–Crippen LogP) is 12.4. The number of methoxy groups -OCH3 is 2. The Morgan fingerprint density at radius 3 is 1.19 bits per heavy atom. The zero-order valence-electron chi connectivity index (χ0n) is 34.6. The number of hydrogen-bond acceptors (Lipinski definition) is 2. The molecule has 1 atom stereocenters. The van der Waals surface area contributed by atoms with Crippen molar-refractivity contribution in [1.29, 1.82) is 0 Å². The Kier molecular flexibility index (Phi) is 13.7. The van der Waals surface area contributed by atoms with Crippen LogP contribution in [0.3, 0.4) is 0 Å². The first kappa shape index (κ1) is 48.2. The molecule has 6 rings (SSSR count). The minimum absolute atomic E-state index is 0.132. The van der Waals surface area contributed by atoms with Crippen LogP contribution in [0.1, 0.15) is 57.0 Å². The van der Waals surface area contributed by atoms with Crippen molar-refractivity contribution in [2.45, 2.75) is 65.0 Å². The largest absolute Gasteiger partial charge is 0.496 e. The summed E-state index contributed by atoms with van der Waals surface area (Å²) in [6.07, 6.45) is -16.6. The molecule has 5 aromatic carbocycles. The lowest BCUT2D eigenvalue weighted by Crippen LogP contribution is -2.31. The standard InChI is InChI=1S/C47H39F12O2P2/c1-25-15-34(16-26(2)42(25)60-6)63(35-17-27(3)43(61-7)28(4)18-35)41-14-9-8-11-40(41)39-13-10-12-38(39)29(5)62(36-21-30(44(48,49)50)19-31(22-36)45(51,52)53)37-23-32(46(54,55)56)20-33(24-37)47(57,58)59/h8-24,29H,1-7H3. The number of halogens is 12. The molecule has 0 aliphatic heterocycles. The molecular formula is C47H39F12O2P2. The summed E-state index contributed by atoms with van der Waals surface area (Å²) in [6, 6.07) is 16.4. The minimum Gasteiger partial charge on any atom is -0.496 e. The molecule has 1 aliphatic carbocycles. The molecule has 0 N–H and O–H groups in total. The van der Waals surface area contributed by atoms with Gasteiger partial charge in [0.25, 0.3) is 0 Å². The van der Waals surface area contributed by atoms with Gasteiger partial charge in [0.1, 0.15) is 11.5 Å². The molecule has 5 aromatic rings. The van der Waals surface area contributed by atoms with Gasteiger partial charge in [-0.2, -0.15) is 52.7 Å². The number of hydrogen-bond donors (Lipinski definition) is 0. The zero-order chi connectivity index (χ0) is 46.6. The summed E-state index contributed by atoms with van der Waals surface area (Å²) >= 11 is 0. The Morgan fingerprint density at radius 1 is 0.476 bits per heavy atom. The molecule has 0 aromatic heterocycles. The first-order valence-electron chi connectivity index (χ1n) is 19.1. The summed E-state index contributed by atoms with van der Waals surface area (Å²) in [6.45, 7) is 8.98. The summed E-state index contributed by atoms with van der Waals surface area (Å²) in [7, 11) is -1.25. The van der Waals surface area contributed by atoms with Crippen molar-refractivity contribution in [2.75, 3.05) is 14.2 Å². The van der Waals surface area contributed by atoms with E-state index in [0.29, 0.717) is 47.2 Å². The summed E-state index contributed by atoms with van der Waals surface area (Å²) in [5, 5.41) is 1.12. The maximum absolute atomic E-state index is 14.3. The van der Waals surface area contributed by atoms with Crippen molar-refractivity contribution >= 4 is 42.4 Å². The maximum Gasteiger partial charge on any atom is 0.416 e. The molecule has 0 heterocycles. The lowest BCUT2D eigenvalue weighted by atomic mass is 9.87. The van der Waals surface area contributed by atoms with Gasteiger partial charge in [0, 0.05) is 5.92 Å². The first-order chi connectivity index (χ1) is 29.2. The number of aryl methyl sites for hydroxylation is 4. The van der Waals surface area contributed by atoms with Gasteiger partial charge >= 0.3 is 24.7 Å². The van der Waals surface area contributed by atoms with Crippen LogP contribution in [0.25, 0.3) is 0 Å². The molecule has 0 bridgehead atoms. The van der Waals surface area contributed by atoms with Crippen LogP contribution in [0.4, 0.5) is 52.7 Å². The third-order valence-corrected chi connectivity index (χ3v) is 15.7. The van der Waals surface area contributed by atoms with Gasteiger partial charge < -0.3 is 9.47 Å². The lowest BCUT2D eigenvalue weighted by Gasteiger charge is -2.35. The van der Waals surface area contributed by atoms with E-state index >= 15 is 0 Å². The normalized spacial score (nSPS) is 15.1. The maximum atomic E-state index is 14.3. The van der Waals surface area contributed by atoms with E-state index in [-0.39, 0.29) is 18.1 Å². The van der Waals surface area contributed by atoms with Gasteiger partial charge in [-0.1, -0.05) is 31.2 Å². The van der Waals surface area contributed by atoms with Gasteiger partial charge in [-0.25, -0.2) is 0 Å². The summed E-state index contributed by atoms with van der Waals surface area (Å²) in [5.74, 6) is 2.07.